The largest absolute Gasteiger partial charge is 0.434 e. The summed E-state index contributed by atoms with van der Waals surface area (Å²) in [6.45, 7) is 0. The van der Waals surface area contributed by atoms with Crippen LogP contribution in [0.4, 0.5) is 26.3 Å². The molecule has 2 aromatic heterocycles. The lowest BCUT2D eigenvalue weighted by Crippen LogP contribution is -2.20. The molecule has 0 radical (unpaired) electrons. The maximum atomic E-state index is 12.8. The number of carbonyl (C=O) groups excluding carboxylic acids is 1. The number of alkyl halides is 6. The van der Waals surface area contributed by atoms with Crippen LogP contribution in [0, 0.1) is 0 Å². The summed E-state index contributed by atoms with van der Waals surface area (Å²) < 4.78 is 76.6. The number of hydrogen-bond acceptors (Lipinski definition) is 5. The van der Waals surface area contributed by atoms with Crippen molar-refractivity contribution in [1.29, 1.82) is 0 Å². The van der Waals surface area contributed by atoms with E-state index in [4.69, 9.17) is 0 Å². The molecule has 0 unspecified atom stereocenters. The molecule has 0 aliphatic rings. The zero-order valence-corrected chi connectivity index (χ0v) is 10.3. The van der Waals surface area contributed by atoms with Crippen LogP contribution in [0.3, 0.4) is 0 Å². The summed E-state index contributed by atoms with van der Waals surface area (Å²) >= 11 is 0. The highest BCUT2D eigenvalue weighted by Crippen LogP contribution is 2.34. The topological polar surface area (TPSA) is 68.6 Å². The van der Waals surface area contributed by atoms with E-state index in [0.29, 0.717) is 25.0 Å². The van der Waals surface area contributed by atoms with Crippen molar-refractivity contribution in [2.75, 3.05) is 0 Å². The summed E-state index contributed by atoms with van der Waals surface area (Å²) in [6.07, 6.45) is -8.00. The van der Waals surface area contributed by atoms with Crippen molar-refractivity contribution in [2.45, 2.75) is 12.4 Å². The molecule has 11 heteroatoms. The molecule has 116 valence electrons. The molecule has 2 rings (SSSR count). The van der Waals surface area contributed by atoms with Crippen molar-refractivity contribution in [3.8, 4) is 0 Å². The maximum Gasteiger partial charge on any atom is 0.434 e. The molecule has 0 amide bonds. The Labute approximate surface area is 118 Å². The minimum absolute atomic E-state index is 0.491. The zero-order chi connectivity index (χ0) is 16.5. The van der Waals surface area contributed by atoms with Crippen molar-refractivity contribution in [3.63, 3.8) is 0 Å². The van der Waals surface area contributed by atoms with Gasteiger partial charge < -0.3 is 0 Å². The number of carbonyl (C=O) groups is 1. The molecule has 0 spiro atoms. The third-order valence-electron chi connectivity index (χ3n) is 2.45. The van der Waals surface area contributed by atoms with E-state index in [9.17, 15) is 31.1 Å². The number of hydrogen-bond donors (Lipinski definition) is 0. The minimum atomic E-state index is -5.03. The van der Waals surface area contributed by atoms with Crippen LogP contribution in [0.1, 0.15) is 27.3 Å². The normalized spacial score (nSPS) is 12.3. The van der Waals surface area contributed by atoms with Gasteiger partial charge in [0.05, 0.1) is 11.1 Å². The van der Waals surface area contributed by atoms with E-state index < -0.39 is 40.7 Å². The third kappa shape index (κ3) is 3.02. The second kappa shape index (κ2) is 5.31. The highest BCUT2D eigenvalue weighted by molar-refractivity contribution is 6.10. The van der Waals surface area contributed by atoms with Gasteiger partial charge in [-0.2, -0.15) is 26.3 Å². The van der Waals surface area contributed by atoms with Crippen LogP contribution in [0.2, 0.25) is 0 Å². The van der Waals surface area contributed by atoms with Gasteiger partial charge in [0.15, 0.2) is 11.4 Å². The predicted molar refractivity (Wildman–Crippen MR) is 57.5 cm³/mol. The molecule has 2 heterocycles. The van der Waals surface area contributed by atoms with Gasteiger partial charge in [-0.25, -0.2) is 19.9 Å². The van der Waals surface area contributed by atoms with Crippen molar-refractivity contribution in [1.82, 2.24) is 19.9 Å². The highest BCUT2D eigenvalue weighted by Gasteiger charge is 2.41. The Hall–Kier alpha value is -2.59. The Morgan fingerprint density at radius 2 is 1.14 bits per heavy atom. The Kier molecular flexibility index (Phi) is 3.81. The van der Waals surface area contributed by atoms with E-state index in [1.165, 1.54) is 0 Å². The first kappa shape index (κ1) is 15.8. The van der Waals surface area contributed by atoms with Crippen molar-refractivity contribution < 1.29 is 31.1 Å². The molecule has 5 nitrogen and oxygen atoms in total. The second-order valence-electron chi connectivity index (χ2n) is 3.89. The molecule has 0 aromatic carbocycles. The summed E-state index contributed by atoms with van der Waals surface area (Å²) in [6, 6.07) is 0. The van der Waals surface area contributed by atoms with Crippen LogP contribution in [0.25, 0.3) is 0 Å². The quantitative estimate of drug-likeness (QED) is 0.628. The van der Waals surface area contributed by atoms with E-state index in [1.54, 1.807) is 0 Å². The first-order chi connectivity index (χ1) is 10.1. The first-order valence-corrected chi connectivity index (χ1v) is 5.41. The summed E-state index contributed by atoms with van der Waals surface area (Å²) in [7, 11) is 0. The fourth-order valence-corrected chi connectivity index (χ4v) is 1.59. The standard InChI is InChI=1S/C11H4F6N4O/c12-10(13,14)8-5(1-18-3-20-8)7(22)6-2-19-4-21-9(6)11(15,16)17/h1-4H. The van der Waals surface area contributed by atoms with E-state index >= 15 is 0 Å². The molecule has 0 aliphatic heterocycles. The van der Waals surface area contributed by atoms with Gasteiger partial charge in [0.1, 0.15) is 12.7 Å². The van der Waals surface area contributed by atoms with Crippen LogP contribution in [0.5, 0.6) is 0 Å². The molecular weight excluding hydrogens is 318 g/mol. The monoisotopic (exact) mass is 322 g/mol. The lowest BCUT2D eigenvalue weighted by Gasteiger charge is -2.12. The fourth-order valence-electron chi connectivity index (χ4n) is 1.59. The van der Waals surface area contributed by atoms with Crippen LogP contribution in [-0.4, -0.2) is 25.7 Å². The second-order valence-corrected chi connectivity index (χ2v) is 3.89. The van der Waals surface area contributed by atoms with Gasteiger partial charge in [-0.05, 0) is 0 Å². The molecule has 0 N–H and O–H groups in total. The number of aromatic nitrogens is 4. The maximum absolute atomic E-state index is 12.8. The summed E-state index contributed by atoms with van der Waals surface area (Å²) in [5.74, 6) is -1.57. The number of rotatable bonds is 2. The summed E-state index contributed by atoms with van der Waals surface area (Å²) in [5, 5.41) is 0. The average molecular weight is 322 g/mol. The predicted octanol–water partition coefficient (Wildman–Crippen LogP) is 2.54. The summed E-state index contributed by atoms with van der Waals surface area (Å²) in [5.41, 5.74) is -5.50. The fraction of sp³-hybridized carbons (Fsp3) is 0.182. The van der Waals surface area contributed by atoms with E-state index in [1.807, 2.05) is 0 Å². The van der Waals surface area contributed by atoms with E-state index in [2.05, 4.69) is 19.9 Å². The third-order valence-corrected chi connectivity index (χ3v) is 2.45. The number of ketones is 1. The van der Waals surface area contributed by atoms with Crippen LogP contribution < -0.4 is 0 Å². The average Bonchev–Trinajstić information content (AvgIpc) is 2.45. The number of nitrogens with zero attached hydrogens (tertiary/aromatic N) is 4. The SMILES string of the molecule is O=C(c1cncnc1C(F)(F)F)c1cncnc1C(F)(F)F. The minimum Gasteiger partial charge on any atom is -0.288 e. The summed E-state index contributed by atoms with van der Waals surface area (Å²) in [4.78, 5) is 24.3. The lowest BCUT2D eigenvalue weighted by atomic mass is 10.0. The van der Waals surface area contributed by atoms with E-state index in [0.717, 1.165) is 0 Å². The molecule has 0 aliphatic carbocycles. The molecular formula is C11H4F6N4O. The molecule has 0 saturated carbocycles. The molecule has 0 bridgehead atoms. The Morgan fingerprint density at radius 3 is 1.45 bits per heavy atom. The Morgan fingerprint density at radius 1 is 0.773 bits per heavy atom. The molecule has 22 heavy (non-hydrogen) atoms. The smallest absolute Gasteiger partial charge is 0.288 e. The molecule has 0 fully saturated rings. The van der Waals surface area contributed by atoms with Crippen molar-refractivity contribution in [2.24, 2.45) is 0 Å². The molecule has 0 saturated heterocycles. The Balaban J connectivity index is 2.61. The van der Waals surface area contributed by atoms with Gasteiger partial charge in [0, 0.05) is 12.4 Å². The van der Waals surface area contributed by atoms with Crippen LogP contribution >= 0.6 is 0 Å². The van der Waals surface area contributed by atoms with Gasteiger partial charge in [0.2, 0.25) is 5.78 Å². The van der Waals surface area contributed by atoms with Gasteiger partial charge >= 0.3 is 12.4 Å². The highest BCUT2D eigenvalue weighted by atomic mass is 19.4. The first-order valence-electron chi connectivity index (χ1n) is 5.41. The number of halogens is 6. The Bertz CT molecular complexity index is 653. The van der Waals surface area contributed by atoms with Gasteiger partial charge in [-0.1, -0.05) is 0 Å². The molecule has 2 aromatic rings. The zero-order valence-electron chi connectivity index (χ0n) is 10.3. The van der Waals surface area contributed by atoms with Crippen LogP contribution in [0.15, 0.2) is 25.0 Å². The van der Waals surface area contributed by atoms with E-state index in [-0.39, 0.29) is 0 Å². The van der Waals surface area contributed by atoms with Gasteiger partial charge in [-0.3, -0.25) is 4.79 Å². The van der Waals surface area contributed by atoms with Crippen molar-refractivity contribution in [3.05, 3.63) is 47.6 Å². The van der Waals surface area contributed by atoms with Gasteiger partial charge in [0.25, 0.3) is 0 Å². The van der Waals surface area contributed by atoms with Crippen molar-refractivity contribution >= 4 is 5.78 Å². The van der Waals surface area contributed by atoms with Crippen LogP contribution in [-0.2, 0) is 12.4 Å². The van der Waals surface area contributed by atoms with Gasteiger partial charge in [-0.15, -0.1) is 0 Å². The molecule has 0 atom stereocenters. The lowest BCUT2D eigenvalue weighted by molar-refractivity contribution is -0.141.